The number of nitrogens with zero attached hydrogens (tertiary/aromatic N) is 1. The summed E-state index contributed by atoms with van der Waals surface area (Å²) in [6.07, 6.45) is 1.99. The molecule has 1 unspecified atom stereocenters. The van der Waals surface area contributed by atoms with E-state index in [1.807, 2.05) is 31.2 Å². The molecule has 1 aliphatic rings. The van der Waals surface area contributed by atoms with Gasteiger partial charge in [-0.2, -0.15) is 0 Å². The fourth-order valence-electron chi connectivity index (χ4n) is 2.11. The van der Waals surface area contributed by atoms with Crippen molar-refractivity contribution in [3.63, 3.8) is 0 Å². The van der Waals surface area contributed by atoms with Crippen LogP contribution in [0.3, 0.4) is 0 Å². The van der Waals surface area contributed by atoms with Gasteiger partial charge in [0.1, 0.15) is 5.75 Å². The van der Waals surface area contributed by atoms with Gasteiger partial charge in [0.2, 0.25) is 0 Å². The van der Waals surface area contributed by atoms with E-state index in [1.54, 1.807) is 4.90 Å². The van der Waals surface area contributed by atoms with Crippen LogP contribution < -0.4 is 10.5 Å². The molecule has 2 N–H and O–H groups in total. The van der Waals surface area contributed by atoms with E-state index in [4.69, 9.17) is 10.5 Å². The summed E-state index contributed by atoms with van der Waals surface area (Å²) in [5, 5.41) is 0. The number of likely N-dealkylation sites (tertiary alicyclic amines) is 1. The minimum atomic E-state index is 0.0192. The van der Waals surface area contributed by atoms with Crippen LogP contribution in [-0.2, 0) is 4.79 Å². The van der Waals surface area contributed by atoms with Crippen molar-refractivity contribution in [1.29, 1.82) is 0 Å². The van der Waals surface area contributed by atoms with Gasteiger partial charge in [0.05, 0.1) is 0 Å². The Balaban J connectivity index is 1.82. The molecule has 0 aromatic heterocycles. The number of carbonyl (C=O) groups is 1. The zero-order chi connectivity index (χ0) is 13.0. The van der Waals surface area contributed by atoms with E-state index in [0.717, 1.165) is 25.1 Å². The Morgan fingerprint density at radius 1 is 1.44 bits per heavy atom. The van der Waals surface area contributed by atoms with E-state index in [9.17, 15) is 4.79 Å². The molecule has 1 aliphatic heterocycles. The number of rotatable bonds is 3. The smallest absolute Gasteiger partial charge is 0.260 e. The maximum atomic E-state index is 11.9. The Bertz CT molecular complexity index is 403. The lowest BCUT2D eigenvalue weighted by atomic mass is 10.1. The maximum Gasteiger partial charge on any atom is 0.260 e. The lowest BCUT2D eigenvalue weighted by Crippen LogP contribution is -2.47. The second-order valence-corrected chi connectivity index (χ2v) is 4.84. The summed E-state index contributed by atoms with van der Waals surface area (Å²) >= 11 is 0. The molecule has 0 aliphatic carbocycles. The number of amides is 1. The number of aryl methyl sites for hydroxylation is 1. The molecule has 0 radical (unpaired) electrons. The summed E-state index contributed by atoms with van der Waals surface area (Å²) in [6.45, 7) is 3.56. The summed E-state index contributed by atoms with van der Waals surface area (Å²) in [6, 6.07) is 7.81. The molecule has 1 atom stereocenters. The predicted molar refractivity (Wildman–Crippen MR) is 70.5 cm³/mol. The predicted octanol–water partition coefficient (Wildman–Crippen LogP) is 1.32. The number of carbonyl (C=O) groups excluding carboxylic acids is 1. The molecule has 18 heavy (non-hydrogen) atoms. The van der Waals surface area contributed by atoms with E-state index in [1.165, 1.54) is 5.56 Å². The Morgan fingerprint density at radius 2 is 2.17 bits per heavy atom. The summed E-state index contributed by atoms with van der Waals surface area (Å²) in [7, 11) is 0. The van der Waals surface area contributed by atoms with Crippen LogP contribution in [0.25, 0.3) is 0 Å². The molecular formula is C14H20N2O2. The molecule has 98 valence electrons. The van der Waals surface area contributed by atoms with Crippen molar-refractivity contribution < 1.29 is 9.53 Å². The van der Waals surface area contributed by atoms with Crippen LogP contribution in [0.4, 0.5) is 0 Å². The van der Waals surface area contributed by atoms with E-state index in [-0.39, 0.29) is 18.6 Å². The van der Waals surface area contributed by atoms with Crippen LogP contribution in [0.5, 0.6) is 5.75 Å². The topological polar surface area (TPSA) is 55.6 Å². The monoisotopic (exact) mass is 248 g/mol. The Hall–Kier alpha value is -1.55. The molecule has 1 heterocycles. The highest BCUT2D eigenvalue weighted by Gasteiger charge is 2.21. The highest BCUT2D eigenvalue weighted by Crippen LogP contribution is 2.12. The largest absolute Gasteiger partial charge is 0.484 e. The van der Waals surface area contributed by atoms with Gasteiger partial charge < -0.3 is 15.4 Å². The average Bonchev–Trinajstić information content (AvgIpc) is 2.38. The third-order valence-corrected chi connectivity index (χ3v) is 3.19. The lowest BCUT2D eigenvalue weighted by molar-refractivity contribution is -0.134. The first-order chi connectivity index (χ1) is 8.65. The van der Waals surface area contributed by atoms with Gasteiger partial charge in [0, 0.05) is 19.1 Å². The van der Waals surface area contributed by atoms with Crippen LogP contribution in [0.15, 0.2) is 24.3 Å². The van der Waals surface area contributed by atoms with E-state index in [0.29, 0.717) is 6.54 Å². The molecule has 2 rings (SSSR count). The standard InChI is InChI=1S/C14H20N2O2/c1-11-4-6-13(7-5-11)18-10-14(17)16-8-2-3-12(15)9-16/h4-7,12H,2-3,8-10,15H2,1H3. The van der Waals surface area contributed by atoms with Crippen LogP contribution in [-0.4, -0.2) is 36.5 Å². The van der Waals surface area contributed by atoms with Crippen LogP contribution in [0.1, 0.15) is 18.4 Å². The fourth-order valence-corrected chi connectivity index (χ4v) is 2.11. The van der Waals surface area contributed by atoms with Gasteiger partial charge in [-0.3, -0.25) is 4.79 Å². The van der Waals surface area contributed by atoms with Crippen molar-refractivity contribution in [2.24, 2.45) is 5.73 Å². The molecule has 0 bridgehead atoms. The third kappa shape index (κ3) is 3.47. The molecule has 1 aromatic rings. The quantitative estimate of drug-likeness (QED) is 0.877. The van der Waals surface area contributed by atoms with Gasteiger partial charge in [0.25, 0.3) is 5.91 Å². The van der Waals surface area contributed by atoms with E-state index < -0.39 is 0 Å². The van der Waals surface area contributed by atoms with Gasteiger partial charge in [0.15, 0.2) is 6.61 Å². The normalized spacial score (nSPS) is 19.7. The van der Waals surface area contributed by atoms with Gasteiger partial charge >= 0.3 is 0 Å². The first-order valence-electron chi connectivity index (χ1n) is 6.38. The molecule has 1 amide bonds. The molecular weight excluding hydrogens is 228 g/mol. The minimum absolute atomic E-state index is 0.0192. The Labute approximate surface area is 108 Å². The van der Waals surface area contributed by atoms with Crippen molar-refractivity contribution in [2.45, 2.75) is 25.8 Å². The zero-order valence-corrected chi connectivity index (χ0v) is 10.8. The highest BCUT2D eigenvalue weighted by molar-refractivity contribution is 5.77. The van der Waals surface area contributed by atoms with Crippen molar-refractivity contribution in [3.8, 4) is 5.75 Å². The molecule has 0 saturated carbocycles. The van der Waals surface area contributed by atoms with Gasteiger partial charge in [-0.05, 0) is 31.9 Å². The number of piperidine rings is 1. The molecule has 4 heteroatoms. The van der Waals surface area contributed by atoms with E-state index >= 15 is 0 Å². The summed E-state index contributed by atoms with van der Waals surface area (Å²) < 4.78 is 5.48. The first-order valence-corrected chi connectivity index (χ1v) is 6.38. The van der Waals surface area contributed by atoms with Gasteiger partial charge in [-0.15, -0.1) is 0 Å². The fraction of sp³-hybridized carbons (Fsp3) is 0.500. The third-order valence-electron chi connectivity index (χ3n) is 3.19. The van der Waals surface area contributed by atoms with Gasteiger partial charge in [-0.25, -0.2) is 0 Å². The summed E-state index contributed by atoms with van der Waals surface area (Å²) in [4.78, 5) is 13.7. The Kier molecular flexibility index (Phi) is 4.20. The SMILES string of the molecule is Cc1ccc(OCC(=O)N2CCCC(N)C2)cc1. The average molecular weight is 248 g/mol. The van der Waals surface area contributed by atoms with Crippen molar-refractivity contribution >= 4 is 5.91 Å². The number of benzene rings is 1. The number of hydrogen-bond donors (Lipinski definition) is 1. The lowest BCUT2D eigenvalue weighted by Gasteiger charge is -2.30. The van der Waals surface area contributed by atoms with Crippen LogP contribution in [0.2, 0.25) is 0 Å². The second kappa shape index (κ2) is 5.87. The van der Waals surface area contributed by atoms with Crippen molar-refractivity contribution in [1.82, 2.24) is 4.90 Å². The number of ether oxygens (including phenoxy) is 1. The summed E-state index contributed by atoms with van der Waals surface area (Å²) in [5.74, 6) is 0.751. The van der Waals surface area contributed by atoms with Crippen LogP contribution in [0, 0.1) is 6.92 Å². The molecule has 1 saturated heterocycles. The highest BCUT2D eigenvalue weighted by atomic mass is 16.5. The Morgan fingerprint density at radius 3 is 2.83 bits per heavy atom. The van der Waals surface area contributed by atoms with Crippen molar-refractivity contribution in [2.75, 3.05) is 19.7 Å². The van der Waals surface area contributed by atoms with E-state index in [2.05, 4.69) is 0 Å². The molecule has 0 spiro atoms. The number of nitrogens with two attached hydrogens (primary N) is 1. The first kappa shape index (κ1) is 12.9. The minimum Gasteiger partial charge on any atom is -0.484 e. The number of hydrogen-bond acceptors (Lipinski definition) is 3. The molecule has 1 aromatic carbocycles. The van der Waals surface area contributed by atoms with Gasteiger partial charge in [-0.1, -0.05) is 17.7 Å². The second-order valence-electron chi connectivity index (χ2n) is 4.84. The van der Waals surface area contributed by atoms with Crippen LogP contribution >= 0.6 is 0 Å². The molecule has 1 fully saturated rings. The zero-order valence-electron chi connectivity index (χ0n) is 10.8. The molecule has 4 nitrogen and oxygen atoms in total. The summed E-state index contributed by atoms with van der Waals surface area (Å²) in [5.41, 5.74) is 7.03. The maximum absolute atomic E-state index is 11.9. The van der Waals surface area contributed by atoms with Crippen molar-refractivity contribution in [3.05, 3.63) is 29.8 Å².